The maximum Gasteiger partial charge on any atom is 0.328 e. The third kappa shape index (κ3) is 45.7. The van der Waals surface area contributed by atoms with Gasteiger partial charge in [0.2, 0.25) is 118 Å². The van der Waals surface area contributed by atoms with E-state index in [1.165, 1.54) is 47.9 Å². The molecule has 0 aliphatic carbocycles. The molecule has 0 unspecified atom stereocenters. The summed E-state index contributed by atoms with van der Waals surface area (Å²) in [5, 5.41) is 111. The van der Waals surface area contributed by atoms with Crippen LogP contribution in [0.4, 0.5) is 0 Å². The zero-order chi connectivity index (χ0) is 109. The van der Waals surface area contributed by atoms with Gasteiger partial charge >= 0.3 is 11.9 Å². The summed E-state index contributed by atoms with van der Waals surface area (Å²) in [6.07, 6.45) is -3.92. The molecular weight excluding hydrogens is 1960 g/mol. The molecule has 1 aliphatic heterocycles. The number of carboxylic acid groups (broad SMARTS) is 2. The number of primary amides is 2. The van der Waals surface area contributed by atoms with E-state index in [1.54, 1.807) is 85.1 Å². The van der Waals surface area contributed by atoms with Gasteiger partial charge in [0.1, 0.15) is 108 Å². The van der Waals surface area contributed by atoms with Crippen LogP contribution in [0.2, 0.25) is 0 Å². The second-order valence-corrected chi connectivity index (χ2v) is 37.7. The summed E-state index contributed by atoms with van der Waals surface area (Å²) in [7, 11) is 0. The standard InChI is InChI=1S/C90H142N24O28S3/c1-11-46(8)71(112-81(133)56(31-45(6)7)105-79(131)60(35-67(93)120)100-68(121)37-97-74(126)54(29-43(2)3)103-78(130)59(34-66(92)119)99-69(122)38-98-75(127)57(32-48-17-13-12-14-18-48)106-83(135)63(41-143)110-73(125)51(91)39-115)86(138)108-58(33-49-21-23-50(118)24-22-49)82(134)113-72(47(9)117)87(139)111-64(42-144)84(136)107-61(36-70(123)124)80(132)101-52(19-15-26-96-90(94)95)76(128)104-55(30-44(4)5)77(129)102-53(25-28-145-10)88(140)114-27-16-20-65(114)85(137)109-62(40-116)89(141)142/h12-14,17-18,21-24,43-47,51-65,71-72,115-118,143-144H,11,15-16,19-20,25-42,91H2,1-10H3,(H2,92,119)(H2,93,120)(H,97,126)(H,98,127)(H,99,122)(H,100,121)(H,101,132)(H,102,129)(H,103,130)(H,104,128)(H,105,131)(H,106,135)(H,107,136)(H,108,138)(H,109,137)(H,110,125)(H,111,139)(H,112,133)(H,113,134)(H,123,124)(H,141,142)(H4,94,95,96)/t46-,47+,51-,52-,53-,54-,55-,56-,57-,58-,59-,60-,61-,62-,63-,64-,65-,71-,72-/m0/s1. The van der Waals surface area contributed by atoms with Crippen molar-refractivity contribution in [2.24, 2.45) is 46.6 Å². The van der Waals surface area contributed by atoms with E-state index >= 15 is 0 Å². The number of benzene rings is 2. The van der Waals surface area contributed by atoms with E-state index in [4.69, 9.17) is 28.3 Å². The highest BCUT2D eigenvalue weighted by molar-refractivity contribution is 7.98. The number of phenolic OH excluding ortho intramolecular Hbond substituents is 1. The number of rotatable bonds is 66. The molecule has 1 fully saturated rings. The molecule has 2 aromatic rings. The Kier molecular flexibility index (Phi) is 56.0. The van der Waals surface area contributed by atoms with Gasteiger partial charge in [-0.15, -0.1) is 0 Å². The van der Waals surface area contributed by atoms with Gasteiger partial charge in [0.05, 0.1) is 51.7 Å². The van der Waals surface area contributed by atoms with Crippen molar-refractivity contribution in [2.45, 2.75) is 261 Å². The molecule has 55 heteroatoms. The van der Waals surface area contributed by atoms with Crippen LogP contribution in [0.15, 0.2) is 54.6 Å². The number of aliphatic hydroxyl groups is 3. The zero-order valence-electron chi connectivity index (χ0n) is 82.4. The number of nitrogens with one attached hydrogen (secondary N) is 19. The smallest absolute Gasteiger partial charge is 0.328 e. The minimum Gasteiger partial charge on any atom is -0.508 e. The third-order valence-electron chi connectivity index (χ3n) is 22.4. The van der Waals surface area contributed by atoms with Crippen LogP contribution in [0.25, 0.3) is 0 Å². The molecule has 1 heterocycles. The largest absolute Gasteiger partial charge is 0.508 e. The van der Waals surface area contributed by atoms with Crippen LogP contribution in [0, 0.1) is 29.1 Å². The van der Waals surface area contributed by atoms with E-state index < -0.39 is 320 Å². The Bertz CT molecular complexity index is 4780. The second-order valence-electron chi connectivity index (χ2n) is 36.0. The minimum absolute atomic E-state index is 0.00762. The first-order valence-electron chi connectivity index (χ1n) is 46.9. The molecular formula is C90H142N24O28S3. The first-order chi connectivity index (χ1) is 68.2. The number of aliphatic hydroxyl groups excluding tert-OH is 3. The highest BCUT2D eigenvalue weighted by atomic mass is 32.2. The molecule has 52 nitrogen and oxygen atoms in total. The van der Waals surface area contributed by atoms with E-state index in [9.17, 15) is 136 Å². The summed E-state index contributed by atoms with van der Waals surface area (Å²) in [5.74, 6) is -27.9. The zero-order valence-corrected chi connectivity index (χ0v) is 85.0. The van der Waals surface area contributed by atoms with Crippen LogP contribution >= 0.6 is 37.0 Å². The van der Waals surface area contributed by atoms with Gasteiger partial charge < -0.3 is 154 Å². The highest BCUT2D eigenvalue weighted by Gasteiger charge is 2.44. The Labute approximate surface area is 852 Å². The first kappa shape index (κ1) is 126. The molecule has 808 valence electrons. The Morgan fingerprint density at radius 1 is 0.448 bits per heavy atom. The lowest BCUT2D eigenvalue weighted by Crippen LogP contribution is -2.63. The summed E-state index contributed by atoms with van der Waals surface area (Å²) in [5.41, 5.74) is 22.9. The number of nitrogens with zero attached hydrogens (tertiary/aromatic N) is 1. The van der Waals surface area contributed by atoms with E-state index in [0.717, 1.165) is 6.92 Å². The fourth-order valence-electron chi connectivity index (χ4n) is 14.6. The lowest BCUT2D eigenvalue weighted by atomic mass is 9.95. The van der Waals surface area contributed by atoms with Crippen molar-refractivity contribution in [1.82, 2.24) is 101 Å². The summed E-state index contributed by atoms with van der Waals surface area (Å²) in [4.78, 5) is 303. The quantitative estimate of drug-likeness (QED) is 0.0127. The van der Waals surface area contributed by atoms with E-state index in [-0.39, 0.29) is 93.9 Å². The van der Waals surface area contributed by atoms with Crippen molar-refractivity contribution in [3.05, 3.63) is 65.7 Å². The fraction of sp³-hybridized carbons (Fsp3) is 0.611. The Balaban J connectivity index is 1.89. The van der Waals surface area contributed by atoms with Crippen LogP contribution in [-0.2, 0) is 118 Å². The summed E-state index contributed by atoms with van der Waals surface area (Å²) >= 11 is 9.63. The average molecular weight is 2100 g/mol. The molecule has 145 heavy (non-hydrogen) atoms. The Morgan fingerprint density at radius 3 is 1.29 bits per heavy atom. The van der Waals surface area contributed by atoms with Gasteiger partial charge in [0.25, 0.3) is 0 Å². The van der Waals surface area contributed by atoms with Gasteiger partial charge in [-0.05, 0) is 117 Å². The van der Waals surface area contributed by atoms with Crippen molar-refractivity contribution in [3.8, 4) is 5.75 Å². The van der Waals surface area contributed by atoms with Crippen LogP contribution < -0.4 is 119 Å². The number of likely N-dealkylation sites (tertiary alicyclic amines) is 1. The van der Waals surface area contributed by atoms with Crippen molar-refractivity contribution in [1.29, 1.82) is 5.41 Å². The predicted molar refractivity (Wildman–Crippen MR) is 531 cm³/mol. The molecule has 0 radical (unpaired) electrons. The molecule has 1 saturated heterocycles. The van der Waals surface area contributed by atoms with E-state index in [2.05, 4.69) is 121 Å². The van der Waals surface area contributed by atoms with Gasteiger partial charge in [0.15, 0.2) is 5.96 Å². The molecule has 1 aliphatic rings. The molecule has 0 bridgehead atoms. The van der Waals surface area contributed by atoms with Crippen LogP contribution in [0.3, 0.4) is 0 Å². The number of nitrogens with two attached hydrogens (primary N) is 4. The van der Waals surface area contributed by atoms with E-state index in [1.807, 2.05) is 0 Å². The number of hydrogen-bond donors (Lipinski definition) is 31. The maximum atomic E-state index is 14.9. The van der Waals surface area contributed by atoms with Crippen molar-refractivity contribution >= 4 is 173 Å². The summed E-state index contributed by atoms with van der Waals surface area (Å²) in [6, 6.07) is -14.1. The number of aliphatic carboxylic acids is 2. The van der Waals surface area contributed by atoms with Crippen molar-refractivity contribution < 1.29 is 136 Å². The number of carboxylic acids is 2. The van der Waals surface area contributed by atoms with E-state index in [0.29, 0.717) is 17.7 Å². The topological polar surface area (TPSA) is 845 Å². The van der Waals surface area contributed by atoms with Crippen LogP contribution in [0.1, 0.15) is 150 Å². The monoisotopic (exact) mass is 2100 g/mol. The molecule has 19 atom stereocenters. The predicted octanol–water partition coefficient (Wildman–Crippen LogP) is -9.26. The number of hydrogen-bond acceptors (Lipinski definition) is 31. The lowest BCUT2D eigenvalue weighted by Gasteiger charge is -2.31. The molecule has 2 aromatic carbocycles. The van der Waals surface area contributed by atoms with Crippen LogP contribution in [-0.4, -0.2) is 343 Å². The third-order valence-corrected chi connectivity index (χ3v) is 23.8. The number of amides is 20. The van der Waals surface area contributed by atoms with Gasteiger partial charge in [-0.25, -0.2) is 4.79 Å². The minimum atomic E-state index is -2.08. The molecule has 3 rings (SSSR count). The van der Waals surface area contributed by atoms with Gasteiger partial charge in [-0.2, -0.15) is 37.0 Å². The van der Waals surface area contributed by atoms with Gasteiger partial charge in [-0.1, -0.05) is 104 Å². The fourth-order valence-corrected chi connectivity index (χ4v) is 15.5. The normalized spacial score (nSPS) is 15.9. The highest BCUT2D eigenvalue weighted by Crippen LogP contribution is 2.23. The summed E-state index contributed by atoms with van der Waals surface area (Å²) in [6.45, 7) is 10.6. The van der Waals surface area contributed by atoms with Crippen LogP contribution in [0.5, 0.6) is 5.75 Å². The number of thiol groups is 2. The molecule has 33 N–H and O–H groups in total. The molecule has 0 spiro atoms. The SMILES string of the molecule is CC[C@H](C)[C@H](NC(=O)[C@H](CC(C)C)NC(=O)[C@H](CC(N)=O)NC(=O)CNC(=O)[C@H](CC(C)C)NC(=O)[C@H](CC(N)=O)NC(=O)CNC(=O)[C@H](Cc1ccccc1)NC(=O)[C@H](CS)NC(=O)[C@@H](N)CO)C(=O)N[C@@H](Cc1ccc(O)cc1)C(=O)N[C@H](C(=O)N[C@@H](CS)C(=O)N[C@@H](CC(=O)O)C(=O)N[C@@H](CCCNC(=N)N)C(=O)N[C@@H](CC(C)C)C(=O)N[C@@H](CCSC)C(=O)N1CCC[C@H]1C(=O)N[C@@H](CO)C(=O)O)[C@@H](C)O. The molecule has 0 saturated carbocycles. The Hall–Kier alpha value is -13.3. The van der Waals surface area contributed by atoms with Crippen molar-refractivity contribution in [3.63, 3.8) is 0 Å². The number of aromatic hydroxyl groups is 1. The second kappa shape index (κ2) is 64.5. The number of phenols is 1. The number of thioether (sulfide) groups is 1. The van der Waals surface area contributed by atoms with Gasteiger partial charge in [0, 0.05) is 37.4 Å². The maximum absolute atomic E-state index is 14.9. The Morgan fingerprint density at radius 2 is 0.841 bits per heavy atom. The molecule has 20 amide bonds. The first-order valence-corrected chi connectivity index (χ1v) is 49.5. The summed E-state index contributed by atoms with van der Waals surface area (Å²) < 4.78 is 0. The number of carbonyl (C=O) groups excluding carboxylic acids is 20. The van der Waals surface area contributed by atoms with Gasteiger partial charge in [-0.3, -0.25) is 106 Å². The lowest BCUT2D eigenvalue weighted by molar-refractivity contribution is -0.145. The average Bonchev–Trinajstić information content (AvgIpc) is 1.40. The van der Waals surface area contributed by atoms with Crippen molar-refractivity contribution in [2.75, 3.05) is 62.9 Å². The molecule has 0 aromatic heterocycles. The number of carbonyl (C=O) groups is 22. The number of guanidine groups is 1.